The molecule has 0 aliphatic heterocycles. The Hall–Kier alpha value is -3.24. The summed E-state index contributed by atoms with van der Waals surface area (Å²) in [6, 6.07) is 13.9. The van der Waals surface area contributed by atoms with Crippen LogP contribution in [0.3, 0.4) is 0 Å². The molecular formula is C20H16N4O2S. The monoisotopic (exact) mass is 376 g/mol. The molecule has 2 aromatic carbocycles. The lowest BCUT2D eigenvalue weighted by Gasteiger charge is -2.12. The summed E-state index contributed by atoms with van der Waals surface area (Å²) < 4.78 is 7.04. The molecule has 0 fully saturated rings. The lowest BCUT2D eigenvalue weighted by Crippen LogP contribution is -2.35. The van der Waals surface area contributed by atoms with Crippen LogP contribution >= 0.6 is 11.8 Å². The third kappa shape index (κ3) is 3.27. The number of carbonyl (C=O) groups excluding carboxylic acids is 1. The van der Waals surface area contributed by atoms with Crippen molar-refractivity contribution in [1.82, 2.24) is 14.7 Å². The first-order chi connectivity index (χ1) is 13.2. The zero-order valence-corrected chi connectivity index (χ0v) is 15.4. The minimum absolute atomic E-state index is 0.149. The number of hydrogen-bond donors (Lipinski definition) is 1. The minimum atomic E-state index is -0.252. The molecule has 4 rings (SSSR count). The van der Waals surface area contributed by atoms with Gasteiger partial charge in [0.15, 0.2) is 0 Å². The number of benzene rings is 2. The van der Waals surface area contributed by atoms with Crippen LogP contribution in [0.5, 0.6) is 0 Å². The molecule has 1 amide bonds. The molecule has 134 valence electrons. The Morgan fingerprint density at radius 1 is 1.33 bits per heavy atom. The van der Waals surface area contributed by atoms with Gasteiger partial charge in [-0.15, -0.1) is 0 Å². The molecule has 7 heteroatoms. The molecular weight excluding hydrogens is 360 g/mol. The zero-order valence-electron chi connectivity index (χ0n) is 14.5. The van der Waals surface area contributed by atoms with Crippen LogP contribution in [0, 0.1) is 10.7 Å². The fourth-order valence-corrected chi connectivity index (χ4v) is 3.44. The van der Waals surface area contributed by atoms with E-state index in [0.29, 0.717) is 23.0 Å². The molecule has 0 spiro atoms. The Morgan fingerprint density at radius 2 is 2.15 bits per heavy atom. The first kappa shape index (κ1) is 17.2. The van der Waals surface area contributed by atoms with E-state index in [1.807, 2.05) is 54.8 Å². The molecule has 0 aliphatic carbocycles. The third-order valence-corrected chi connectivity index (χ3v) is 5.07. The Kier molecular flexibility index (Phi) is 4.57. The summed E-state index contributed by atoms with van der Waals surface area (Å²) in [7, 11) is 0. The van der Waals surface area contributed by atoms with Crippen LogP contribution in [0.1, 0.15) is 17.4 Å². The van der Waals surface area contributed by atoms with Crippen molar-refractivity contribution in [3.05, 3.63) is 60.6 Å². The van der Waals surface area contributed by atoms with Gasteiger partial charge in [-0.1, -0.05) is 36.4 Å². The van der Waals surface area contributed by atoms with Gasteiger partial charge in [-0.25, -0.2) is 0 Å². The van der Waals surface area contributed by atoms with Crippen molar-refractivity contribution in [2.45, 2.75) is 13.0 Å². The number of nitriles is 1. The minimum Gasteiger partial charge on any atom is -0.432 e. The molecule has 0 saturated carbocycles. The molecule has 2 heterocycles. The number of carbonyl (C=O) groups is 1. The first-order valence-corrected chi connectivity index (χ1v) is 9.42. The van der Waals surface area contributed by atoms with Crippen LogP contribution in [-0.4, -0.2) is 27.1 Å². The van der Waals surface area contributed by atoms with Gasteiger partial charge in [-0.3, -0.25) is 9.20 Å². The van der Waals surface area contributed by atoms with Gasteiger partial charge in [0.25, 0.3) is 5.91 Å². The van der Waals surface area contributed by atoms with E-state index in [1.54, 1.807) is 10.6 Å². The number of fused-ring (bicyclic) bond motifs is 2. The van der Waals surface area contributed by atoms with Gasteiger partial charge in [-0.05, 0) is 35.5 Å². The summed E-state index contributed by atoms with van der Waals surface area (Å²) in [5.41, 5.74) is 1.83. The molecule has 27 heavy (non-hydrogen) atoms. The topological polar surface area (TPSA) is 83.3 Å². The highest BCUT2D eigenvalue weighted by Gasteiger charge is 2.23. The summed E-state index contributed by atoms with van der Waals surface area (Å²) >= 11 is 1.11. The van der Waals surface area contributed by atoms with Gasteiger partial charge in [0.1, 0.15) is 23.1 Å². The number of hydrogen-bond acceptors (Lipinski definition) is 5. The maximum atomic E-state index is 12.9. The predicted molar refractivity (Wildman–Crippen MR) is 105 cm³/mol. The number of aromatic nitrogens is 2. The highest BCUT2D eigenvalue weighted by molar-refractivity contribution is 8.03. The van der Waals surface area contributed by atoms with Crippen molar-refractivity contribution < 1.29 is 9.21 Å². The number of nitrogens with one attached hydrogen (secondary N) is 1. The Labute approximate surface area is 159 Å². The average molecular weight is 376 g/mol. The van der Waals surface area contributed by atoms with Gasteiger partial charge in [0, 0.05) is 23.6 Å². The molecule has 0 saturated heterocycles. The highest BCUT2D eigenvalue weighted by atomic mass is 32.2. The molecule has 1 atom stereocenters. The van der Waals surface area contributed by atoms with E-state index in [1.165, 1.54) is 6.26 Å². The van der Waals surface area contributed by atoms with Crippen molar-refractivity contribution in [1.29, 1.82) is 5.26 Å². The van der Waals surface area contributed by atoms with Crippen LogP contribution < -0.4 is 5.32 Å². The summed E-state index contributed by atoms with van der Waals surface area (Å²) in [4.78, 5) is 17.5. The predicted octanol–water partition coefficient (Wildman–Crippen LogP) is 4.08. The standard InChI is InChI=1S/C20H16N4O2S/c1-13(11-27-12-21)22-19(25)18-17(23-20-24(18)8-9-26-20)16-7-6-14-4-2-3-5-15(14)10-16/h2-10,13H,11H2,1H3,(H,22,25). The van der Waals surface area contributed by atoms with Crippen molar-refractivity contribution in [2.75, 3.05) is 5.75 Å². The van der Waals surface area contributed by atoms with E-state index < -0.39 is 0 Å². The molecule has 1 unspecified atom stereocenters. The fraction of sp³-hybridized carbons (Fsp3) is 0.150. The SMILES string of the molecule is CC(CSC#N)NC(=O)c1c(-c2ccc3ccccc3c2)nc2occn12. The van der Waals surface area contributed by atoms with E-state index in [-0.39, 0.29) is 11.9 Å². The van der Waals surface area contributed by atoms with Gasteiger partial charge in [0.2, 0.25) is 0 Å². The van der Waals surface area contributed by atoms with Gasteiger partial charge >= 0.3 is 5.84 Å². The highest BCUT2D eigenvalue weighted by Crippen LogP contribution is 2.28. The number of rotatable bonds is 5. The van der Waals surface area contributed by atoms with Crippen LogP contribution in [0.4, 0.5) is 0 Å². The maximum absolute atomic E-state index is 12.9. The van der Waals surface area contributed by atoms with Crippen molar-refractivity contribution >= 4 is 34.3 Å². The van der Waals surface area contributed by atoms with E-state index in [0.717, 1.165) is 28.1 Å². The molecule has 2 aromatic heterocycles. The van der Waals surface area contributed by atoms with Crippen molar-refractivity contribution in [3.63, 3.8) is 0 Å². The molecule has 0 aliphatic rings. The molecule has 0 radical (unpaired) electrons. The fourth-order valence-electron chi connectivity index (χ4n) is 3.04. The van der Waals surface area contributed by atoms with Crippen molar-refractivity contribution in [3.8, 4) is 16.7 Å². The number of thioether (sulfide) groups is 1. The second-order valence-electron chi connectivity index (χ2n) is 6.20. The van der Waals surface area contributed by atoms with Gasteiger partial charge in [0.05, 0.1) is 0 Å². The van der Waals surface area contributed by atoms with E-state index in [9.17, 15) is 4.79 Å². The Bertz CT molecular complexity index is 1170. The molecule has 1 N–H and O–H groups in total. The maximum Gasteiger partial charge on any atom is 0.306 e. The van der Waals surface area contributed by atoms with E-state index >= 15 is 0 Å². The summed E-state index contributed by atoms with van der Waals surface area (Å²) in [5, 5.41) is 15.8. The molecule has 6 nitrogen and oxygen atoms in total. The number of amides is 1. The average Bonchev–Trinajstić information content (AvgIpc) is 3.26. The van der Waals surface area contributed by atoms with Crippen LogP contribution in [-0.2, 0) is 0 Å². The second kappa shape index (κ2) is 7.17. The van der Waals surface area contributed by atoms with Crippen LogP contribution in [0.2, 0.25) is 0 Å². The lowest BCUT2D eigenvalue weighted by atomic mass is 10.0. The van der Waals surface area contributed by atoms with E-state index in [4.69, 9.17) is 9.68 Å². The van der Waals surface area contributed by atoms with Crippen LogP contribution in [0.15, 0.2) is 59.3 Å². The summed E-state index contributed by atoms with van der Waals surface area (Å²) in [5.74, 6) is 0.626. The van der Waals surface area contributed by atoms with Crippen molar-refractivity contribution in [2.24, 2.45) is 0 Å². The third-order valence-electron chi connectivity index (χ3n) is 4.28. The quantitative estimate of drug-likeness (QED) is 0.531. The zero-order chi connectivity index (χ0) is 18.8. The Morgan fingerprint density at radius 3 is 2.96 bits per heavy atom. The van der Waals surface area contributed by atoms with E-state index in [2.05, 4.69) is 10.3 Å². The number of imidazole rings is 1. The van der Waals surface area contributed by atoms with Gasteiger partial charge in [-0.2, -0.15) is 10.2 Å². The molecule has 0 bridgehead atoms. The molecule has 4 aromatic rings. The Balaban J connectivity index is 1.76. The largest absolute Gasteiger partial charge is 0.432 e. The normalized spacial score (nSPS) is 12.1. The number of thiocyanates is 1. The lowest BCUT2D eigenvalue weighted by molar-refractivity contribution is 0.0938. The second-order valence-corrected chi connectivity index (χ2v) is 7.01. The number of oxazole rings is 1. The summed E-state index contributed by atoms with van der Waals surface area (Å²) in [6.45, 7) is 1.87. The smallest absolute Gasteiger partial charge is 0.306 e. The van der Waals surface area contributed by atoms with Crippen LogP contribution in [0.25, 0.3) is 27.9 Å². The number of nitrogens with zero attached hydrogens (tertiary/aromatic N) is 3. The first-order valence-electron chi connectivity index (χ1n) is 8.44. The van der Waals surface area contributed by atoms with Gasteiger partial charge < -0.3 is 9.73 Å². The summed E-state index contributed by atoms with van der Waals surface area (Å²) in [6.07, 6.45) is 3.18.